The van der Waals surface area contributed by atoms with Gasteiger partial charge < -0.3 is 25.1 Å². The summed E-state index contributed by atoms with van der Waals surface area (Å²) in [7, 11) is 0. The molecule has 2 aromatic heterocycles. The predicted octanol–water partition coefficient (Wildman–Crippen LogP) is 5.18. The van der Waals surface area contributed by atoms with E-state index < -0.39 is 17.8 Å². The summed E-state index contributed by atoms with van der Waals surface area (Å²) < 4.78 is 20.2. The average molecular weight is 531 g/mol. The summed E-state index contributed by atoms with van der Waals surface area (Å²) in [6.45, 7) is 0.241. The summed E-state index contributed by atoms with van der Waals surface area (Å²) in [5.41, 5.74) is 1.62. The summed E-state index contributed by atoms with van der Waals surface area (Å²) in [4.78, 5) is 30.4. The van der Waals surface area contributed by atoms with Gasteiger partial charge in [0.1, 0.15) is 23.4 Å². The summed E-state index contributed by atoms with van der Waals surface area (Å²) in [5.74, 6) is -0.832. The molecule has 3 N–H and O–H groups in total. The topological polar surface area (TPSA) is 108 Å². The van der Waals surface area contributed by atoms with Crippen LogP contribution in [0.25, 0.3) is 11.3 Å². The number of hydrogen-bond donors (Lipinski definition) is 3. The number of carboxylic acids is 1. The van der Waals surface area contributed by atoms with E-state index in [4.69, 9.17) is 16.6 Å². The summed E-state index contributed by atoms with van der Waals surface area (Å²) >= 11 is 5.63. The molecule has 0 spiro atoms. The molecule has 1 amide bonds. The highest BCUT2D eigenvalue weighted by Gasteiger charge is 2.41. The van der Waals surface area contributed by atoms with Crippen LogP contribution in [-0.4, -0.2) is 38.5 Å². The molecule has 0 saturated carbocycles. The fraction of sp³-hybridized carbons (Fsp3) is 0.143. The Morgan fingerprint density at radius 1 is 1.08 bits per heavy atom. The molecule has 0 unspecified atom stereocenters. The van der Waals surface area contributed by atoms with E-state index >= 15 is 0 Å². The van der Waals surface area contributed by atoms with Crippen LogP contribution in [-0.2, 0) is 4.79 Å². The zero-order valence-corrected chi connectivity index (χ0v) is 20.8. The number of halogens is 1. The Balaban J connectivity index is 1.41. The lowest BCUT2D eigenvalue weighted by atomic mass is 10.0. The normalized spacial score (nSPS) is 16.8. The van der Waals surface area contributed by atoms with Crippen molar-refractivity contribution in [1.82, 2.24) is 15.2 Å². The lowest BCUT2D eigenvalue weighted by Gasteiger charge is -2.25. The molecule has 5 rings (SSSR count). The van der Waals surface area contributed by atoms with Gasteiger partial charge in [-0.15, -0.1) is 0 Å². The number of carbonyl (C=O) groups excluding carboxylic acids is 1. The SMILES string of the molecule is O=C(CCN1C(=S)N[C@@H](c2ccccn2)[C@@H]1c1ccc(-c2cccc(C(=O)O)c2)o1)Nc1ccccc1F. The van der Waals surface area contributed by atoms with Gasteiger partial charge in [-0.25, -0.2) is 9.18 Å². The van der Waals surface area contributed by atoms with Gasteiger partial charge in [-0.1, -0.05) is 30.3 Å². The number of para-hydroxylation sites is 1. The fourth-order valence-corrected chi connectivity index (χ4v) is 4.76. The third kappa shape index (κ3) is 5.25. The third-order valence-corrected chi connectivity index (χ3v) is 6.59. The van der Waals surface area contributed by atoms with Crippen LogP contribution in [0, 0.1) is 5.82 Å². The van der Waals surface area contributed by atoms with Crippen LogP contribution in [0.1, 0.15) is 40.3 Å². The predicted molar refractivity (Wildman–Crippen MR) is 143 cm³/mol. The molecular formula is C28H23FN4O4S. The second kappa shape index (κ2) is 10.8. The monoisotopic (exact) mass is 530 g/mol. The van der Waals surface area contributed by atoms with Gasteiger partial charge in [0.05, 0.1) is 23.0 Å². The van der Waals surface area contributed by atoms with Gasteiger partial charge >= 0.3 is 5.97 Å². The molecule has 4 aromatic rings. The average Bonchev–Trinajstić information content (AvgIpc) is 3.54. The minimum absolute atomic E-state index is 0.0514. The number of anilines is 1. The zero-order valence-electron chi connectivity index (χ0n) is 20.0. The number of aromatic carboxylic acids is 1. The fourth-order valence-electron chi connectivity index (χ4n) is 4.42. The van der Waals surface area contributed by atoms with E-state index in [0.717, 1.165) is 5.69 Å². The van der Waals surface area contributed by atoms with Gasteiger partial charge in [0.15, 0.2) is 5.11 Å². The first-order valence-corrected chi connectivity index (χ1v) is 12.3. The zero-order chi connectivity index (χ0) is 26.6. The van der Waals surface area contributed by atoms with Crippen LogP contribution in [0.2, 0.25) is 0 Å². The molecule has 38 heavy (non-hydrogen) atoms. The highest BCUT2D eigenvalue weighted by Crippen LogP contribution is 2.40. The maximum Gasteiger partial charge on any atom is 0.335 e. The molecule has 0 bridgehead atoms. The van der Waals surface area contributed by atoms with Crippen molar-refractivity contribution >= 4 is 34.9 Å². The number of nitrogens with zero attached hydrogens (tertiary/aromatic N) is 2. The summed E-state index contributed by atoms with van der Waals surface area (Å²) in [5, 5.41) is 15.7. The van der Waals surface area contributed by atoms with E-state index in [1.807, 2.05) is 29.2 Å². The van der Waals surface area contributed by atoms with E-state index in [0.29, 0.717) is 22.2 Å². The van der Waals surface area contributed by atoms with Gasteiger partial charge in [-0.05, 0) is 60.7 Å². The van der Waals surface area contributed by atoms with E-state index in [-0.39, 0.29) is 36.2 Å². The molecule has 0 radical (unpaired) electrons. The van der Waals surface area contributed by atoms with E-state index in [9.17, 15) is 19.1 Å². The van der Waals surface area contributed by atoms with Crippen molar-refractivity contribution in [1.29, 1.82) is 0 Å². The number of hydrogen-bond acceptors (Lipinski definition) is 5. The second-order valence-corrected chi connectivity index (χ2v) is 9.07. The minimum Gasteiger partial charge on any atom is -0.478 e. The van der Waals surface area contributed by atoms with Crippen LogP contribution in [0.3, 0.4) is 0 Å². The molecule has 3 heterocycles. The second-order valence-electron chi connectivity index (χ2n) is 8.69. The molecule has 192 valence electrons. The standard InChI is InChI=1S/C28H23FN4O4S/c29-19-8-1-2-9-20(19)31-24(34)13-15-33-26(25(32-28(33)38)21-10-3-4-14-30-21)23-12-11-22(37-23)17-6-5-7-18(16-17)27(35)36/h1-12,14,16,25-26H,13,15H2,(H,31,34)(H,32,38)(H,35,36)/t25-,26-/m0/s1. The highest BCUT2D eigenvalue weighted by atomic mass is 32.1. The van der Waals surface area contributed by atoms with Crippen molar-refractivity contribution in [2.75, 3.05) is 11.9 Å². The van der Waals surface area contributed by atoms with E-state index in [2.05, 4.69) is 15.6 Å². The maximum atomic E-state index is 14.0. The summed E-state index contributed by atoms with van der Waals surface area (Å²) in [6.07, 6.45) is 1.74. The molecule has 10 heteroatoms. The van der Waals surface area contributed by atoms with Crippen molar-refractivity contribution in [3.8, 4) is 11.3 Å². The van der Waals surface area contributed by atoms with Gasteiger partial charge in [0.2, 0.25) is 5.91 Å². The van der Waals surface area contributed by atoms with E-state index in [1.54, 1.807) is 42.6 Å². The van der Waals surface area contributed by atoms with Crippen LogP contribution in [0.5, 0.6) is 0 Å². The van der Waals surface area contributed by atoms with Gasteiger partial charge in [-0.2, -0.15) is 0 Å². The molecule has 0 aliphatic carbocycles. The maximum absolute atomic E-state index is 14.0. The molecular weight excluding hydrogens is 507 g/mol. The van der Waals surface area contributed by atoms with E-state index in [1.165, 1.54) is 18.2 Å². The Kier molecular flexibility index (Phi) is 7.14. The number of benzene rings is 2. The Labute approximate surface area is 223 Å². The van der Waals surface area contributed by atoms with Crippen LogP contribution < -0.4 is 10.6 Å². The molecule has 2 atom stereocenters. The number of thiocarbonyl (C=S) groups is 1. The molecule has 1 aliphatic rings. The summed E-state index contributed by atoms with van der Waals surface area (Å²) in [6, 6.07) is 20.8. The van der Waals surface area contributed by atoms with Gasteiger partial charge in [0.25, 0.3) is 0 Å². The Morgan fingerprint density at radius 2 is 1.89 bits per heavy atom. The Morgan fingerprint density at radius 3 is 2.66 bits per heavy atom. The number of nitrogens with one attached hydrogen (secondary N) is 2. The molecule has 1 saturated heterocycles. The number of furan rings is 1. The quantitative estimate of drug-likeness (QED) is 0.268. The number of rotatable bonds is 8. The van der Waals surface area contributed by atoms with Crippen molar-refractivity contribution in [2.45, 2.75) is 18.5 Å². The Hall–Kier alpha value is -4.57. The van der Waals surface area contributed by atoms with Gasteiger partial charge in [-0.3, -0.25) is 9.78 Å². The van der Waals surface area contributed by atoms with Crippen molar-refractivity contribution < 1.29 is 23.5 Å². The lowest BCUT2D eigenvalue weighted by molar-refractivity contribution is -0.116. The van der Waals surface area contributed by atoms with Crippen LogP contribution in [0.15, 0.2) is 89.5 Å². The number of carbonyl (C=O) groups is 2. The van der Waals surface area contributed by atoms with Crippen molar-refractivity contribution in [2.24, 2.45) is 0 Å². The molecule has 8 nitrogen and oxygen atoms in total. The Bertz CT molecular complexity index is 1490. The first-order valence-electron chi connectivity index (χ1n) is 11.9. The van der Waals surface area contributed by atoms with Gasteiger partial charge in [0, 0.05) is 24.7 Å². The largest absolute Gasteiger partial charge is 0.478 e. The number of aromatic nitrogens is 1. The van der Waals surface area contributed by atoms with Crippen molar-refractivity contribution in [3.63, 3.8) is 0 Å². The third-order valence-electron chi connectivity index (χ3n) is 6.24. The number of carboxylic acid groups (broad SMARTS) is 1. The molecule has 1 fully saturated rings. The van der Waals surface area contributed by atoms with Crippen molar-refractivity contribution in [3.05, 3.63) is 108 Å². The number of pyridine rings is 1. The van der Waals surface area contributed by atoms with Crippen LogP contribution in [0.4, 0.5) is 10.1 Å². The smallest absolute Gasteiger partial charge is 0.335 e. The first kappa shape index (κ1) is 25.1. The number of amides is 1. The highest BCUT2D eigenvalue weighted by molar-refractivity contribution is 7.80. The molecule has 1 aliphatic heterocycles. The van der Waals surface area contributed by atoms with Crippen LogP contribution >= 0.6 is 12.2 Å². The lowest BCUT2D eigenvalue weighted by Crippen LogP contribution is -2.32. The first-order chi connectivity index (χ1) is 18.4. The minimum atomic E-state index is -1.03. The molecule has 2 aromatic carbocycles.